The van der Waals surface area contributed by atoms with E-state index in [1.165, 1.54) is 19.3 Å². The van der Waals surface area contributed by atoms with Gasteiger partial charge in [-0.15, -0.1) is 0 Å². The SMILES string of the molecule is CCCNC(=O)CN1CCC2(CCNCC2)C1. The number of rotatable bonds is 4. The highest BCUT2D eigenvalue weighted by atomic mass is 16.2. The van der Waals surface area contributed by atoms with E-state index in [0.717, 1.165) is 39.1 Å². The highest BCUT2D eigenvalue weighted by Crippen LogP contribution is 2.38. The molecule has 2 fully saturated rings. The van der Waals surface area contributed by atoms with Crippen molar-refractivity contribution in [3.63, 3.8) is 0 Å². The van der Waals surface area contributed by atoms with E-state index in [-0.39, 0.29) is 5.91 Å². The summed E-state index contributed by atoms with van der Waals surface area (Å²) in [5.74, 6) is 0.192. The molecule has 2 aliphatic heterocycles. The first kappa shape index (κ1) is 12.8. The number of hydrogen-bond acceptors (Lipinski definition) is 3. The minimum absolute atomic E-state index is 0.192. The number of hydrogen-bond donors (Lipinski definition) is 2. The Bertz CT molecular complexity index is 261. The largest absolute Gasteiger partial charge is 0.355 e. The van der Waals surface area contributed by atoms with Crippen molar-refractivity contribution < 1.29 is 4.79 Å². The molecule has 98 valence electrons. The fourth-order valence-electron chi connectivity index (χ4n) is 3.05. The third kappa shape index (κ3) is 3.42. The van der Waals surface area contributed by atoms with Crippen molar-refractivity contribution in [2.75, 3.05) is 39.3 Å². The Morgan fingerprint density at radius 1 is 1.35 bits per heavy atom. The number of nitrogens with zero attached hydrogens (tertiary/aromatic N) is 1. The zero-order valence-corrected chi connectivity index (χ0v) is 10.9. The summed E-state index contributed by atoms with van der Waals surface area (Å²) in [4.78, 5) is 14.0. The molecule has 2 N–H and O–H groups in total. The molecular weight excluding hydrogens is 214 g/mol. The number of likely N-dealkylation sites (tertiary alicyclic amines) is 1. The van der Waals surface area contributed by atoms with E-state index in [4.69, 9.17) is 0 Å². The van der Waals surface area contributed by atoms with Crippen molar-refractivity contribution in [2.45, 2.75) is 32.6 Å². The van der Waals surface area contributed by atoms with Crippen LogP contribution in [0.5, 0.6) is 0 Å². The maximum atomic E-state index is 11.7. The highest BCUT2D eigenvalue weighted by Gasteiger charge is 2.38. The summed E-state index contributed by atoms with van der Waals surface area (Å²) in [6, 6.07) is 0. The van der Waals surface area contributed by atoms with Crippen molar-refractivity contribution in [1.82, 2.24) is 15.5 Å². The van der Waals surface area contributed by atoms with E-state index in [1.807, 2.05) is 0 Å². The van der Waals surface area contributed by atoms with E-state index in [1.54, 1.807) is 0 Å². The fourth-order valence-corrected chi connectivity index (χ4v) is 3.05. The molecule has 0 radical (unpaired) electrons. The topological polar surface area (TPSA) is 44.4 Å². The molecule has 4 heteroatoms. The summed E-state index contributed by atoms with van der Waals surface area (Å²) < 4.78 is 0. The summed E-state index contributed by atoms with van der Waals surface area (Å²) in [6.45, 7) is 8.00. The predicted molar refractivity (Wildman–Crippen MR) is 68.9 cm³/mol. The van der Waals surface area contributed by atoms with Crippen LogP contribution in [0.25, 0.3) is 0 Å². The van der Waals surface area contributed by atoms with Crippen LogP contribution in [-0.4, -0.2) is 50.1 Å². The van der Waals surface area contributed by atoms with Crippen LogP contribution >= 0.6 is 0 Å². The van der Waals surface area contributed by atoms with Gasteiger partial charge < -0.3 is 10.6 Å². The summed E-state index contributed by atoms with van der Waals surface area (Å²) in [5, 5.41) is 6.38. The zero-order chi connectivity index (χ0) is 12.1. The Hall–Kier alpha value is -0.610. The summed E-state index contributed by atoms with van der Waals surface area (Å²) >= 11 is 0. The Morgan fingerprint density at radius 3 is 2.82 bits per heavy atom. The van der Waals surface area contributed by atoms with E-state index in [0.29, 0.717) is 12.0 Å². The van der Waals surface area contributed by atoms with Gasteiger partial charge in [0.1, 0.15) is 0 Å². The van der Waals surface area contributed by atoms with E-state index in [2.05, 4.69) is 22.5 Å². The molecule has 1 amide bonds. The second-order valence-corrected chi connectivity index (χ2v) is 5.56. The first-order valence-corrected chi connectivity index (χ1v) is 6.94. The third-order valence-electron chi connectivity index (χ3n) is 4.12. The molecule has 2 aliphatic rings. The second kappa shape index (κ2) is 5.83. The molecule has 0 atom stereocenters. The van der Waals surface area contributed by atoms with Crippen LogP contribution in [0.15, 0.2) is 0 Å². The molecule has 0 aromatic carbocycles. The van der Waals surface area contributed by atoms with Crippen LogP contribution in [0, 0.1) is 5.41 Å². The van der Waals surface area contributed by atoms with Crippen LogP contribution in [0.1, 0.15) is 32.6 Å². The van der Waals surface area contributed by atoms with Gasteiger partial charge in [-0.25, -0.2) is 0 Å². The average Bonchev–Trinajstić information content (AvgIpc) is 2.70. The van der Waals surface area contributed by atoms with Crippen LogP contribution in [-0.2, 0) is 4.79 Å². The lowest BCUT2D eigenvalue weighted by Crippen LogP contribution is -2.41. The van der Waals surface area contributed by atoms with Gasteiger partial charge in [0.05, 0.1) is 6.54 Å². The molecule has 0 aromatic heterocycles. The van der Waals surface area contributed by atoms with Crippen molar-refractivity contribution in [2.24, 2.45) is 5.41 Å². The highest BCUT2D eigenvalue weighted by molar-refractivity contribution is 5.78. The molecule has 17 heavy (non-hydrogen) atoms. The Labute approximate surface area is 104 Å². The number of carbonyl (C=O) groups is 1. The van der Waals surface area contributed by atoms with E-state index >= 15 is 0 Å². The lowest BCUT2D eigenvalue weighted by atomic mass is 9.78. The van der Waals surface area contributed by atoms with Gasteiger partial charge in [0.2, 0.25) is 5.91 Å². The van der Waals surface area contributed by atoms with E-state index in [9.17, 15) is 4.79 Å². The summed E-state index contributed by atoms with van der Waals surface area (Å²) in [5.41, 5.74) is 0.510. The maximum absolute atomic E-state index is 11.7. The molecule has 4 nitrogen and oxygen atoms in total. The zero-order valence-electron chi connectivity index (χ0n) is 10.9. The van der Waals surface area contributed by atoms with Crippen molar-refractivity contribution >= 4 is 5.91 Å². The van der Waals surface area contributed by atoms with Crippen molar-refractivity contribution in [1.29, 1.82) is 0 Å². The smallest absolute Gasteiger partial charge is 0.234 e. The number of piperidine rings is 1. The van der Waals surface area contributed by atoms with Gasteiger partial charge in [0, 0.05) is 13.1 Å². The van der Waals surface area contributed by atoms with Gasteiger partial charge in [-0.2, -0.15) is 0 Å². The second-order valence-electron chi connectivity index (χ2n) is 5.56. The van der Waals surface area contributed by atoms with Crippen LogP contribution < -0.4 is 10.6 Å². The molecule has 0 unspecified atom stereocenters. The summed E-state index contributed by atoms with van der Waals surface area (Å²) in [7, 11) is 0. The van der Waals surface area contributed by atoms with Crippen LogP contribution in [0.3, 0.4) is 0 Å². The third-order valence-corrected chi connectivity index (χ3v) is 4.12. The first-order chi connectivity index (χ1) is 8.24. The van der Waals surface area contributed by atoms with Gasteiger partial charge in [0.25, 0.3) is 0 Å². The molecular formula is C13H25N3O. The molecule has 0 bridgehead atoms. The minimum Gasteiger partial charge on any atom is -0.355 e. The van der Waals surface area contributed by atoms with E-state index < -0.39 is 0 Å². The van der Waals surface area contributed by atoms with Gasteiger partial charge in [-0.3, -0.25) is 9.69 Å². The lowest BCUT2D eigenvalue weighted by Gasteiger charge is -2.33. The predicted octanol–water partition coefficient (Wildman–Crippen LogP) is 0.588. The quantitative estimate of drug-likeness (QED) is 0.754. The fraction of sp³-hybridized carbons (Fsp3) is 0.923. The molecule has 2 saturated heterocycles. The van der Waals surface area contributed by atoms with Crippen molar-refractivity contribution in [3.05, 3.63) is 0 Å². The summed E-state index contributed by atoms with van der Waals surface area (Å²) in [6.07, 6.45) is 4.84. The molecule has 2 rings (SSSR count). The van der Waals surface area contributed by atoms with Gasteiger partial charge in [-0.05, 0) is 50.7 Å². The molecule has 2 heterocycles. The average molecular weight is 239 g/mol. The lowest BCUT2D eigenvalue weighted by molar-refractivity contribution is -0.122. The minimum atomic E-state index is 0.192. The van der Waals surface area contributed by atoms with Crippen molar-refractivity contribution in [3.8, 4) is 0 Å². The first-order valence-electron chi connectivity index (χ1n) is 6.94. The normalized spacial score (nSPS) is 24.1. The number of carbonyl (C=O) groups excluding carboxylic acids is 1. The molecule has 0 aliphatic carbocycles. The Morgan fingerprint density at radius 2 is 2.12 bits per heavy atom. The standard InChI is InChI=1S/C13H25N3O/c1-2-6-15-12(17)10-16-9-5-13(11-16)3-7-14-8-4-13/h14H,2-11H2,1H3,(H,15,17). The molecule has 1 spiro atoms. The van der Waals surface area contributed by atoms with Gasteiger partial charge >= 0.3 is 0 Å². The number of amides is 1. The molecule has 0 saturated carbocycles. The van der Waals surface area contributed by atoms with Gasteiger partial charge in [0.15, 0.2) is 0 Å². The Kier molecular flexibility index (Phi) is 4.40. The van der Waals surface area contributed by atoms with Gasteiger partial charge in [-0.1, -0.05) is 6.92 Å². The Balaban J connectivity index is 1.75. The molecule has 0 aromatic rings. The number of nitrogens with one attached hydrogen (secondary N) is 2. The monoisotopic (exact) mass is 239 g/mol. The van der Waals surface area contributed by atoms with Crippen LogP contribution in [0.4, 0.5) is 0 Å². The van der Waals surface area contributed by atoms with Crippen LogP contribution in [0.2, 0.25) is 0 Å². The maximum Gasteiger partial charge on any atom is 0.234 e.